The molecule has 0 aliphatic heterocycles. The molecule has 0 bridgehead atoms. The van der Waals surface area contributed by atoms with Gasteiger partial charge < -0.3 is 15.7 Å². The van der Waals surface area contributed by atoms with E-state index in [0.29, 0.717) is 11.3 Å². The lowest BCUT2D eigenvalue weighted by Crippen LogP contribution is -2.16. The predicted molar refractivity (Wildman–Crippen MR) is 100 cm³/mol. The van der Waals surface area contributed by atoms with Crippen molar-refractivity contribution in [2.75, 3.05) is 10.6 Å². The Morgan fingerprint density at radius 2 is 1.62 bits per heavy atom. The SMILES string of the molecule is CC(=O)c1ccc(NC(=O)/C=C(/C)C(=O)Nc2ccc(C)cc2O)cc1. The Bertz CT molecular complexity index is 883. The standard InChI is InChI=1S/C20H20N2O4/c1-12-4-9-17(18(24)10-12)22-20(26)13(2)11-19(25)21-16-7-5-15(6-8-16)14(3)23/h4-11,24H,1-3H3,(H,21,25)(H,22,26)/b13-11-. The monoisotopic (exact) mass is 352 g/mol. The fraction of sp³-hybridized carbons (Fsp3) is 0.150. The van der Waals surface area contributed by atoms with E-state index in [2.05, 4.69) is 10.6 Å². The Kier molecular flexibility index (Phi) is 5.90. The van der Waals surface area contributed by atoms with E-state index in [9.17, 15) is 19.5 Å². The molecule has 2 amide bonds. The van der Waals surface area contributed by atoms with Gasteiger partial charge in [0.2, 0.25) is 5.91 Å². The molecular formula is C20H20N2O4. The van der Waals surface area contributed by atoms with E-state index in [0.717, 1.165) is 5.56 Å². The van der Waals surface area contributed by atoms with Gasteiger partial charge in [0, 0.05) is 22.9 Å². The molecule has 2 aromatic carbocycles. The Balaban J connectivity index is 2.01. The second-order valence-electron chi connectivity index (χ2n) is 5.92. The molecule has 2 rings (SSSR count). The maximum atomic E-state index is 12.1. The lowest BCUT2D eigenvalue weighted by molar-refractivity contribution is -0.114. The second-order valence-corrected chi connectivity index (χ2v) is 5.92. The highest BCUT2D eigenvalue weighted by Gasteiger charge is 2.10. The summed E-state index contributed by atoms with van der Waals surface area (Å²) in [4.78, 5) is 35.4. The van der Waals surface area contributed by atoms with Crippen molar-refractivity contribution in [1.82, 2.24) is 0 Å². The third-order valence-electron chi connectivity index (χ3n) is 3.67. The topological polar surface area (TPSA) is 95.5 Å². The normalized spacial score (nSPS) is 11.0. The fourth-order valence-corrected chi connectivity index (χ4v) is 2.20. The van der Waals surface area contributed by atoms with E-state index >= 15 is 0 Å². The molecule has 6 nitrogen and oxygen atoms in total. The zero-order chi connectivity index (χ0) is 19.3. The van der Waals surface area contributed by atoms with Crippen LogP contribution in [0.25, 0.3) is 0 Å². The number of aryl methyl sites for hydroxylation is 1. The van der Waals surface area contributed by atoms with Gasteiger partial charge in [-0.3, -0.25) is 14.4 Å². The maximum absolute atomic E-state index is 12.1. The van der Waals surface area contributed by atoms with Crippen molar-refractivity contribution in [3.8, 4) is 5.75 Å². The Morgan fingerprint density at radius 1 is 0.962 bits per heavy atom. The molecule has 0 saturated heterocycles. The Labute approximate surface area is 151 Å². The number of phenolic OH excluding ortho intramolecular Hbond substituents is 1. The molecule has 0 aliphatic carbocycles. The summed E-state index contributed by atoms with van der Waals surface area (Å²) in [6, 6.07) is 11.3. The number of carbonyl (C=O) groups is 3. The quantitative estimate of drug-likeness (QED) is 0.436. The highest BCUT2D eigenvalue weighted by atomic mass is 16.3. The number of amides is 2. The third-order valence-corrected chi connectivity index (χ3v) is 3.67. The van der Waals surface area contributed by atoms with Crippen LogP contribution in [0, 0.1) is 6.92 Å². The number of anilines is 2. The highest BCUT2D eigenvalue weighted by molar-refractivity contribution is 6.10. The number of aromatic hydroxyl groups is 1. The number of phenols is 1. The van der Waals surface area contributed by atoms with Crippen LogP contribution in [0.2, 0.25) is 0 Å². The molecule has 0 heterocycles. The minimum atomic E-state index is -0.494. The molecule has 0 radical (unpaired) electrons. The number of rotatable bonds is 5. The number of carbonyl (C=O) groups excluding carboxylic acids is 3. The number of nitrogens with one attached hydrogen (secondary N) is 2. The smallest absolute Gasteiger partial charge is 0.251 e. The zero-order valence-corrected chi connectivity index (χ0v) is 14.8. The van der Waals surface area contributed by atoms with Gasteiger partial charge >= 0.3 is 0 Å². The van der Waals surface area contributed by atoms with Gasteiger partial charge in [-0.1, -0.05) is 6.07 Å². The molecule has 0 aliphatic rings. The summed E-state index contributed by atoms with van der Waals surface area (Å²) in [5.41, 5.74) is 2.38. The molecule has 0 fully saturated rings. The summed E-state index contributed by atoms with van der Waals surface area (Å²) in [5.74, 6) is -1.07. The molecule has 0 aromatic heterocycles. The molecular weight excluding hydrogens is 332 g/mol. The van der Waals surface area contributed by atoms with Crippen LogP contribution in [0.1, 0.15) is 29.8 Å². The Morgan fingerprint density at radius 3 is 2.19 bits per heavy atom. The van der Waals surface area contributed by atoms with Gasteiger partial charge in [-0.15, -0.1) is 0 Å². The maximum Gasteiger partial charge on any atom is 0.251 e. The predicted octanol–water partition coefficient (Wildman–Crippen LogP) is 3.43. The molecule has 0 spiro atoms. The van der Waals surface area contributed by atoms with Gasteiger partial charge in [0.15, 0.2) is 5.78 Å². The first-order chi connectivity index (χ1) is 12.3. The van der Waals surface area contributed by atoms with Crippen LogP contribution in [0.5, 0.6) is 5.75 Å². The zero-order valence-electron chi connectivity index (χ0n) is 14.8. The fourth-order valence-electron chi connectivity index (χ4n) is 2.20. The summed E-state index contributed by atoms with van der Waals surface area (Å²) in [6.07, 6.45) is 1.17. The van der Waals surface area contributed by atoms with Gasteiger partial charge in [0.25, 0.3) is 5.91 Å². The number of hydrogen-bond donors (Lipinski definition) is 3. The molecule has 0 atom stereocenters. The van der Waals surface area contributed by atoms with Crippen LogP contribution in [0.3, 0.4) is 0 Å². The van der Waals surface area contributed by atoms with Crippen LogP contribution in [-0.4, -0.2) is 22.7 Å². The van der Waals surface area contributed by atoms with Crippen LogP contribution < -0.4 is 10.6 Å². The summed E-state index contributed by atoms with van der Waals surface area (Å²) >= 11 is 0. The molecule has 0 unspecified atom stereocenters. The van der Waals surface area contributed by atoms with Crippen molar-refractivity contribution in [3.63, 3.8) is 0 Å². The first-order valence-electron chi connectivity index (χ1n) is 7.97. The van der Waals surface area contributed by atoms with Crippen LogP contribution >= 0.6 is 0 Å². The highest BCUT2D eigenvalue weighted by Crippen LogP contribution is 2.24. The van der Waals surface area contributed by atoms with E-state index in [4.69, 9.17) is 0 Å². The van der Waals surface area contributed by atoms with Gasteiger partial charge in [0.1, 0.15) is 5.75 Å². The third kappa shape index (κ3) is 5.04. The lowest BCUT2D eigenvalue weighted by atomic mass is 10.1. The van der Waals surface area contributed by atoms with Gasteiger partial charge in [-0.2, -0.15) is 0 Å². The van der Waals surface area contributed by atoms with Crippen LogP contribution in [-0.2, 0) is 9.59 Å². The number of hydrogen-bond acceptors (Lipinski definition) is 4. The van der Waals surface area contributed by atoms with Gasteiger partial charge in [-0.25, -0.2) is 0 Å². The summed E-state index contributed by atoms with van der Waals surface area (Å²) in [6.45, 7) is 4.78. The molecule has 6 heteroatoms. The number of benzene rings is 2. The van der Waals surface area contributed by atoms with Crippen molar-refractivity contribution in [3.05, 3.63) is 65.2 Å². The van der Waals surface area contributed by atoms with Crippen molar-refractivity contribution in [2.45, 2.75) is 20.8 Å². The molecule has 26 heavy (non-hydrogen) atoms. The van der Waals surface area contributed by atoms with E-state index < -0.39 is 11.8 Å². The van der Waals surface area contributed by atoms with Crippen LogP contribution in [0.4, 0.5) is 11.4 Å². The molecule has 3 N–H and O–H groups in total. The average Bonchev–Trinajstić information content (AvgIpc) is 2.57. The first kappa shape index (κ1) is 18.9. The molecule has 2 aromatic rings. The minimum Gasteiger partial charge on any atom is -0.506 e. The van der Waals surface area contributed by atoms with E-state index in [1.807, 2.05) is 6.92 Å². The lowest BCUT2D eigenvalue weighted by Gasteiger charge is -2.08. The van der Waals surface area contributed by atoms with Crippen molar-refractivity contribution in [1.29, 1.82) is 0 Å². The van der Waals surface area contributed by atoms with Crippen molar-refractivity contribution >= 4 is 29.0 Å². The Hall–Kier alpha value is -3.41. The van der Waals surface area contributed by atoms with Crippen molar-refractivity contribution in [2.24, 2.45) is 0 Å². The number of Topliss-reactive ketones (excluding diaryl/α,β-unsaturated/α-hetero) is 1. The van der Waals surface area contributed by atoms with Crippen molar-refractivity contribution < 1.29 is 19.5 Å². The van der Waals surface area contributed by atoms with E-state index in [1.165, 1.54) is 26.0 Å². The first-order valence-corrected chi connectivity index (χ1v) is 7.97. The van der Waals surface area contributed by atoms with Crippen LogP contribution in [0.15, 0.2) is 54.1 Å². The van der Waals surface area contributed by atoms with Gasteiger partial charge in [-0.05, 0) is 62.7 Å². The average molecular weight is 352 g/mol. The van der Waals surface area contributed by atoms with E-state index in [-0.39, 0.29) is 22.8 Å². The summed E-state index contributed by atoms with van der Waals surface area (Å²) in [5, 5.41) is 15.0. The molecule has 134 valence electrons. The largest absolute Gasteiger partial charge is 0.506 e. The number of ketones is 1. The summed E-state index contributed by atoms with van der Waals surface area (Å²) < 4.78 is 0. The second kappa shape index (κ2) is 8.11. The minimum absolute atomic E-state index is 0.0406. The molecule has 0 saturated carbocycles. The van der Waals surface area contributed by atoms with Gasteiger partial charge in [0.05, 0.1) is 5.69 Å². The summed E-state index contributed by atoms with van der Waals surface area (Å²) in [7, 11) is 0. The van der Waals surface area contributed by atoms with E-state index in [1.54, 1.807) is 36.4 Å².